The van der Waals surface area contributed by atoms with Gasteiger partial charge in [0.1, 0.15) is 11.7 Å². The van der Waals surface area contributed by atoms with Crippen molar-refractivity contribution in [2.24, 2.45) is 0 Å². The summed E-state index contributed by atoms with van der Waals surface area (Å²) in [6.45, 7) is 1.24. The van der Waals surface area contributed by atoms with Gasteiger partial charge in [-0.15, -0.1) is 0 Å². The van der Waals surface area contributed by atoms with E-state index in [-0.39, 0.29) is 23.3 Å². The number of alkyl halides is 3. The molecule has 0 bridgehead atoms. The second-order valence-corrected chi connectivity index (χ2v) is 7.75. The topological polar surface area (TPSA) is 83.0 Å². The Hall–Kier alpha value is -3.53. The molecule has 1 fully saturated rings. The molecule has 0 saturated carbocycles. The first-order valence-electron chi connectivity index (χ1n) is 10.6. The van der Waals surface area contributed by atoms with Crippen LogP contribution in [0.5, 0.6) is 0 Å². The van der Waals surface area contributed by atoms with Crippen molar-refractivity contribution in [1.29, 1.82) is 0 Å². The lowest BCUT2D eigenvalue weighted by atomic mass is 10.0. The summed E-state index contributed by atoms with van der Waals surface area (Å²) >= 11 is 0. The predicted molar refractivity (Wildman–Crippen MR) is 118 cm³/mol. The van der Waals surface area contributed by atoms with E-state index in [1.54, 1.807) is 24.3 Å². The first-order chi connectivity index (χ1) is 15.9. The number of benzene rings is 1. The molecule has 1 amide bonds. The van der Waals surface area contributed by atoms with Crippen molar-refractivity contribution in [1.82, 2.24) is 20.3 Å². The van der Waals surface area contributed by atoms with Gasteiger partial charge >= 0.3 is 6.18 Å². The fraction of sp³-hybridized carbons (Fsp3) is 0.304. The van der Waals surface area contributed by atoms with Crippen molar-refractivity contribution in [3.8, 4) is 0 Å². The number of amides is 1. The van der Waals surface area contributed by atoms with Crippen molar-refractivity contribution in [3.05, 3.63) is 78.6 Å². The zero-order valence-corrected chi connectivity index (χ0v) is 17.7. The van der Waals surface area contributed by atoms with Gasteiger partial charge in [-0.3, -0.25) is 20.1 Å². The van der Waals surface area contributed by atoms with Gasteiger partial charge in [-0.25, -0.2) is 4.98 Å². The molecule has 2 aromatic heterocycles. The average Bonchev–Trinajstić information content (AvgIpc) is 2.84. The molecule has 33 heavy (non-hydrogen) atoms. The number of carbonyl (C=O) groups is 1. The standard InChI is InChI=1S/C23H23F3N6O/c24-23(25,26)21(19-3-1-2-10-28-19)30-17-8-13-32(14-9-17)18-6-4-16(5-7-18)31-22(33)20-15-27-11-12-29-20/h1-7,10-12,15,17,21,30H,8-9,13-14H2,(H,31,33)/t21-/m1/s1. The third kappa shape index (κ3) is 5.83. The Bertz CT molecular complexity index is 1040. The van der Waals surface area contributed by atoms with Crippen LogP contribution < -0.4 is 15.5 Å². The van der Waals surface area contributed by atoms with Crippen LogP contribution in [0.15, 0.2) is 67.3 Å². The quantitative estimate of drug-likeness (QED) is 0.584. The maximum Gasteiger partial charge on any atom is 0.409 e. The van der Waals surface area contributed by atoms with Gasteiger partial charge in [-0.1, -0.05) is 6.07 Å². The minimum absolute atomic E-state index is 0.0217. The third-order valence-corrected chi connectivity index (χ3v) is 5.49. The fourth-order valence-electron chi connectivity index (χ4n) is 3.80. The summed E-state index contributed by atoms with van der Waals surface area (Å²) in [7, 11) is 0. The number of carbonyl (C=O) groups excluding carboxylic acids is 1. The van der Waals surface area contributed by atoms with Crippen molar-refractivity contribution < 1.29 is 18.0 Å². The van der Waals surface area contributed by atoms with Gasteiger partial charge < -0.3 is 10.2 Å². The van der Waals surface area contributed by atoms with Crippen LogP contribution in [0, 0.1) is 0 Å². The molecule has 2 N–H and O–H groups in total. The number of piperidine rings is 1. The number of pyridine rings is 1. The lowest BCUT2D eigenvalue weighted by Crippen LogP contribution is -2.47. The highest BCUT2D eigenvalue weighted by atomic mass is 19.4. The van der Waals surface area contributed by atoms with Crippen molar-refractivity contribution in [3.63, 3.8) is 0 Å². The molecule has 0 aliphatic carbocycles. The summed E-state index contributed by atoms with van der Waals surface area (Å²) < 4.78 is 40.8. The molecule has 3 aromatic rings. The Balaban J connectivity index is 1.32. The first kappa shape index (κ1) is 22.7. The Morgan fingerprint density at radius 1 is 1.00 bits per heavy atom. The maximum absolute atomic E-state index is 13.6. The highest BCUT2D eigenvalue weighted by Gasteiger charge is 2.43. The maximum atomic E-state index is 13.6. The second-order valence-electron chi connectivity index (χ2n) is 7.75. The normalized spacial score (nSPS) is 15.8. The number of rotatable bonds is 6. The van der Waals surface area contributed by atoms with Crippen LogP contribution in [-0.4, -0.2) is 46.2 Å². The molecule has 4 rings (SSSR count). The minimum Gasteiger partial charge on any atom is -0.371 e. The van der Waals surface area contributed by atoms with Crippen molar-refractivity contribution >= 4 is 17.3 Å². The molecule has 1 aliphatic rings. The van der Waals surface area contributed by atoms with Crippen LogP contribution >= 0.6 is 0 Å². The summed E-state index contributed by atoms with van der Waals surface area (Å²) in [5.41, 5.74) is 1.77. The van der Waals surface area contributed by atoms with E-state index in [4.69, 9.17) is 0 Å². The molecule has 3 heterocycles. The lowest BCUT2D eigenvalue weighted by molar-refractivity contribution is -0.161. The zero-order chi connectivity index (χ0) is 23.3. The Morgan fingerprint density at radius 3 is 2.36 bits per heavy atom. The predicted octanol–water partition coefficient (Wildman–Crippen LogP) is 3.99. The largest absolute Gasteiger partial charge is 0.409 e. The number of aromatic nitrogens is 3. The number of hydrogen-bond donors (Lipinski definition) is 2. The molecule has 0 unspecified atom stereocenters. The Morgan fingerprint density at radius 2 is 1.76 bits per heavy atom. The summed E-state index contributed by atoms with van der Waals surface area (Å²) in [4.78, 5) is 26.0. The molecule has 10 heteroatoms. The highest BCUT2D eigenvalue weighted by molar-refractivity contribution is 6.02. The minimum atomic E-state index is -4.42. The van der Waals surface area contributed by atoms with Crippen LogP contribution in [0.3, 0.4) is 0 Å². The van der Waals surface area contributed by atoms with Crippen LogP contribution in [0.2, 0.25) is 0 Å². The molecule has 7 nitrogen and oxygen atoms in total. The number of nitrogens with one attached hydrogen (secondary N) is 2. The Kier molecular flexibility index (Phi) is 6.83. The van der Waals surface area contributed by atoms with Gasteiger partial charge in [0.25, 0.3) is 5.91 Å². The number of halogens is 3. The molecule has 0 spiro atoms. The number of nitrogens with zero attached hydrogens (tertiary/aromatic N) is 4. The second kappa shape index (κ2) is 9.95. The summed E-state index contributed by atoms with van der Waals surface area (Å²) in [5, 5.41) is 5.52. The van der Waals surface area contributed by atoms with Gasteiger partial charge in [-0.05, 0) is 49.2 Å². The van der Waals surface area contributed by atoms with E-state index in [2.05, 4.69) is 30.5 Å². The fourth-order valence-corrected chi connectivity index (χ4v) is 3.80. The van der Waals surface area contributed by atoms with Gasteiger partial charge in [0, 0.05) is 49.1 Å². The van der Waals surface area contributed by atoms with E-state index in [1.807, 2.05) is 12.1 Å². The van der Waals surface area contributed by atoms with E-state index in [1.165, 1.54) is 30.9 Å². The summed E-state index contributed by atoms with van der Waals surface area (Å²) in [5.74, 6) is -0.352. The number of anilines is 2. The van der Waals surface area contributed by atoms with Gasteiger partial charge in [0.05, 0.1) is 11.9 Å². The van der Waals surface area contributed by atoms with Crippen molar-refractivity contribution in [2.75, 3.05) is 23.3 Å². The smallest absolute Gasteiger partial charge is 0.371 e. The van der Waals surface area contributed by atoms with Gasteiger partial charge in [0.2, 0.25) is 0 Å². The summed E-state index contributed by atoms with van der Waals surface area (Å²) in [6, 6.07) is 9.84. The van der Waals surface area contributed by atoms with Crippen LogP contribution in [-0.2, 0) is 0 Å². The van der Waals surface area contributed by atoms with Gasteiger partial charge in [-0.2, -0.15) is 13.2 Å². The SMILES string of the molecule is O=C(Nc1ccc(N2CCC(N[C@H](c3ccccn3)C(F)(F)F)CC2)cc1)c1cnccn1. The first-order valence-corrected chi connectivity index (χ1v) is 10.6. The Labute approximate surface area is 189 Å². The van der Waals surface area contributed by atoms with E-state index in [0.717, 1.165) is 5.69 Å². The van der Waals surface area contributed by atoms with E-state index < -0.39 is 12.2 Å². The molecule has 1 aliphatic heterocycles. The monoisotopic (exact) mass is 456 g/mol. The molecule has 172 valence electrons. The summed E-state index contributed by atoms with van der Waals surface area (Å²) in [6.07, 6.45) is 2.43. The van der Waals surface area contributed by atoms with Gasteiger partial charge in [0.15, 0.2) is 0 Å². The molecule has 1 saturated heterocycles. The van der Waals surface area contributed by atoms with E-state index >= 15 is 0 Å². The third-order valence-electron chi connectivity index (χ3n) is 5.49. The lowest BCUT2D eigenvalue weighted by Gasteiger charge is -2.36. The molecular formula is C23H23F3N6O. The van der Waals surface area contributed by atoms with Crippen molar-refractivity contribution in [2.45, 2.75) is 31.1 Å². The van der Waals surface area contributed by atoms with E-state index in [0.29, 0.717) is 31.6 Å². The molecule has 1 atom stereocenters. The van der Waals surface area contributed by atoms with Crippen LogP contribution in [0.4, 0.5) is 24.5 Å². The molecule has 0 radical (unpaired) electrons. The highest BCUT2D eigenvalue weighted by Crippen LogP contribution is 2.33. The van der Waals surface area contributed by atoms with Crippen LogP contribution in [0.1, 0.15) is 35.1 Å². The van der Waals surface area contributed by atoms with E-state index in [9.17, 15) is 18.0 Å². The van der Waals surface area contributed by atoms with Crippen LogP contribution in [0.25, 0.3) is 0 Å². The number of hydrogen-bond acceptors (Lipinski definition) is 6. The average molecular weight is 456 g/mol. The zero-order valence-electron chi connectivity index (χ0n) is 17.7. The molecule has 1 aromatic carbocycles. The molecular weight excluding hydrogens is 433 g/mol.